The Kier molecular flexibility index (Phi) is 4.20. The first-order valence-corrected chi connectivity index (χ1v) is 4.90. The largest absolute Gasteiger partial charge is 0.387 e. The van der Waals surface area contributed by atoms with Gasteiger partial charge in [-0.05, 0) is 42.8 Å². The average molecular weight is 190 g/mol. The van der Waals surface area contributed by atoms with E-state index in [-0.39, 0.29) is 0 Å². The Balaban J connectivity index is 2.78. The van der Waals surface area contributed by atoms with E-state index in [1.165, 1.54) is 16.7 Å². The summed E-state index contributed by atoms with van der Waals surface area (Å²) >= 11 is 0. The molecule has 0 atom stereocenters. The number of rotatable bonds is 5. The van der Waals surface area contributed by atoms with Gasteiger partial charge in [0.25, 0.3) is 0 Å². The van der Waals surface area contributed by atoms with Gasteiger partial charge in [0.15, 0.2) is 0 Å². The standard InChI is InChI=1S/C12H18N2/c1-3-14-9-12-8-11(6-7-13)5-4-10(12)2/h3-5,8,14H,1,6-7,9,13H2,2H3. The van der Waals surface area contributed by atoms with E-state index in [9.17, 15) is 0 Å². The van der Waals surface area contributed by atoms with Gasteiger partial charge >= 0.3 is 0 Å². The summed E-state index contributed by atoms with van der Waals surface area (Å²) in [6.07, 6.45) is 2.66. The summed E-state index contributed by atoms with van der Waals surface area (Å²) in [6.45, 7) is 7.30. The van der Waals surface area contributed by atoms with Gasteiger partial charge in [0.1, 0.15) is 0 Å². The molecule has 1 aromatic carbocycles. The van der Waals surface area contributed by atoms with Crippen molar-refractivity contribution in [2.45, 2.75) is 19.9 Å². The minimum atomic E-state index is 0.706. The van der Waals surface area contributed by atoms with Crippen LogP contribution in [-0.4, -0.2) is 6.54 Å². The summed E-state index contributed by atoms with van der Waals surface area (Å²) in [5.41, 5.74) is 9.44. The Bertz CT molecular complexity index is 305. The summed E-state index contributed by atoms with van der Waals surface area (Å²) < 4.78 is 0. The first kappa shape index (κ1) is 10.8. The second-order valence-electron chi connectivity index (χ2n) is 3.38. The van der Waals surface area contributed by atoms with Crippen molar-refractivity contribution in [1.29, 1.82) is 0 Å². The van der Waals surface area contributed by atoms with Crippen molar-refractivity contribution < 1.29 is 0 Å². The Morgan fingerprint density at radius 3 is 2.93 bits per heavy atom. The fourth-order valence-corrected chi connectivity index (χ4v) is 1.42. The lowest BCUT2D eigenvalue weighted by Crippen LogP contribution is -2.07. The third-order valence-electron chi connectivity index (χ3n) is 2.28. The Morgan fingerprint density at radius 2 is 2.29 bits per heavy atom. The van der Waals surface area contributed by atoms with Crippen molar-refractivity contribution in [2.75, 3.05) is 6.54 Å². The maximum atomic E-state index is 5.52. The van der Waals surface area contributed by atoms with Crippen LogP contribution in [0.4, 0.5) is 0 Å². The van der Waals surface area contributed by atoms with Crippen molar-refractivity contribution in [3.05, 3.63) is 47.7 Å². The smallest absolute Gasteiger partial charge is 0.0397 e. The molecule has 14 heavy (non-hydrogen) atoms. The van der Waals surface area contributed by atoms with Crippen LogP contribution < -0.4 is 11.1 Å². The molecular formula is C12H18N2. The molecule has 76 valence electrons. The third-order valence-corrected chi connectivity index (χ3v) is 2.28. The van der Waals surface area contributed by atoms with Crippen molar-refractivity contribution in [2.24, 2.45) is 5.73 Å². The monoisotopic (exact) mass is 190 g/mol. The number of nitrogens with two attached hydrogens (primary N) is 1. The van der Waals surface area contributed by atoms with Gasteiger partial charge < -0.3 is 11.1 Å². The Hall–Kier alpha value is -1.28. The molecule has 1 rings (SSSR count). The van der Waals surface area contributed by atoms with E-state index < -0.39 is 0 Å². The second-order valence-corrected chi connectivity index (χ2v) is 3.38. The molecular weight excluding hydrogens is 172 g/mol. The molecule has 0 saturated heterocycles. The van der Waals surface area contributed by atoms with E-state index in [1.807, 2.05) is 0 Å². The first-order chi connectivity index (χ1) is 6.77. The van der Waals surface area contributed by atoms with Gasteiger partial charge in [-0.3, -0.25) is 0 Å². The van der Waals surface area contributed by atoms with Gasteiger partial charge in [-0.25, -0.2) is 0 Å². The van der Waals surface area contributed by atoms with Crippen molar-refractivity contribution in [1.82, 2.24) is 5.32 Å². The van der Waals surface area contributed by atoms with Crippen LogP contribution in [0.25, 0.3) is 0 Å². The molecule has 0 bridgehead atoms. The fourth-order valence-electron chi connectivity index (χ4n) is 1.42. The van der Waals surface area contributed by atoms with E-state index >= 15 is 0 Å². The summed E-state index contributed by atoms with van der Waals surface area (Å²) in [4.78, 5) is 0. The lowest BCUT2D eigenvalue weighted by Gasteiger charge is -2.08. The van der Waals surface area contributed by atoms with E-state index in [1.54, 1.807) is 6.20 Å². The Labute approximate surface area is 85.8 Å². The lowest BCUT2D eigenvalue weighted by atomic mass is 10.0. The fraction of sp³-hybridized carbons (Fsp3) is 0.333. The molecule has 0 unspecified atom stereocenters. The maximum Gasteiger partial charge on any atom is 0.0397 e. The highest BCUT2D eigenvalue weighted by Crippen LogP contribution is 2.11. The van der Waals surface area contributed by atoms with Crippen LogP contribution in [0.3, 0.4) is 0 Å². The summed E-state index contributed by atoms with van der Waals surface area (Å²) in [6, 6.07) is 6.49. The zero-order valence-corrected chi connectivity index (χ0v) is 8.72. The molecule has 2 heteroatoms. The number of hydrogen-bond acceptors (Lipinski definition) is 2. The van der Waals surface area contributed by atoms with Crippen molar-refractivity contribution >= 4 is 0 Å². The minimum Gasteiger partial charge on any atom is -0.387 e. The van der Waals surface area contributed by atoms with Gasteiger partial charge in [-0.15, -0.1) is 0 Å². The van der Waals surface area contributed by atoms with Crippen LogP contribution in [0, 0.1) is 6.92 Å². The van der Waals surface area contributed by atoms with Gasteiger partial charge in [0.2, 0.25) is 0 Å². The average Bonchev–Trinajstić information content (AvgIpc) is 2.19. The molecule has 0 radical (unpaired) electrons. The van der Waals surface area contributed by atoms with Crippen LogP contribution in [0.1, 0.15) is 16.7 Å². The van der Waals surface area contributed by atoms with Crippen LogP contribution in [0.5, 0.6) is 0 Å². The summed E-state index contributed by atoms with van der Waals surface area (Å²) in [5, 5.41) is 3.11. The predicted molar refractivity (Wildman–Crippen MR) is 61.0 cm³/mol. The Morgan fingerprint density at radius 1 is 1.50 bits per heavy atom. The lowest BCUT2D eigenvalue weighted by molar-refractivity contribution is 0.858. The molecule has 0 aromatic heterocycles. The van der Waals surface area contributed by atoms with E-state index in [2.05, 4.69) is 37.0 Å². The molecule has 0 heterocycles. The van der Waals surface area contributed by atoms with Crippen molar-refractivity contribution in [3.63, 3.8) is 0 Å². The van der Waals surface area contributed by atoms with Crippen LogP contribution >= 0.6 is 0 Å². The normalized spacial score (nSPS) is 9.86. The van der Waals surface area contributed by atoms with Crippen molar-refractivity contribution in [3.8, 4) is 0 Å². The molecule has 0 aliphatic carbocycles. The predicted octanol–water partition coefficient (Wildman–Crippen LogP) is 1.73. The summed E-state index contributed by atoms with van der Waals surface area (Å²) in [5.74, 6) is 0. The molecule has 0 fully saturated rings. The number of benzene rings is 1. The first-order valence-electron chi connectivity index (χ1n) is 4.90. The molecule has 1 aromatic rings. The highest BCUT2D eigenvalue weighted by molar-refractivity contribution is 5.31. The highest BCUT2D eigenvalue weighted by Gasteiger charge is 1.98. The maximum absolute atomic E-state index is 5.52. The second kappa shape index (κ2) is 5.45. The topological polar surface area (TPSA) is 38.0 Å². The van der Waals surface area contributed by atoms with Gasteiger partial charge in [0, 0.05) is 6.54 Å². The quantitative estimate of drug-likeness (QED) is 0.742. The number of nitrogens with one attached hydrogen (secondary N) is 1. The minimum absolute atomic E-state index is 0.706. The van der Waals surface area contributed by atoms with E-state index in [0.717, 1.165) is 13.0 Å². The molecule has 0 saturated carbocycles. The number of aryl methyl sites for hydroxylation is 1. The van der Waals surface area contributed by atoms with Gasteiger partial charge in [-0.1, -0.05) is 24.8 Å². The van der Waals surface area contributed by atoms with E-state index in [0.29, 0.717) is 6.54 Å². The molecule has 0 amide bonds. The van der Waals surface area contributed by atoms with E-state index in [4.69, 9.17) is 5.73 Å². The van der Waals surface area contributed by atoms with Crippen LogP contribution in [0.15, 0.2) is 31.0 Å². The molecule has 0 aliphatic rings. The SMILES string of the molecule is C=CNCc1cc(CCN)ccc1C. The zero-order chi connectivity index (χ0) is 10.4. The molecule has 0 spiro atoms. The molecule has 0 aliphatic heterocycles. The van der Waals surface area contributed by atoms with Crippen LogP contribution in [0.2, 0.25) is 0 Å². The zero-order valence-electron chi connectivity index (χ0n) is 8.72. The van der Waals surface area contributed by atoms with Crippen LogP contribution in [-0.2, 0) is 13.0 Å². The summed E-state index contributed by atoms with van der Waals surface area (Å²) in [7, 11) is 0. The molecule has 2 nitrogen and oxygen atoms in total. The third kappa shape index (κ3) is 2.89. The molecule has 3 N–H and O–H groups in total. The van der Waals surface area contributed by atoms with Gasteiger partial charge in [-0.2, -0.15) is 0 Å². The highest BCUT2D eigenvalue weighted by atomic mass is 14.8. The van der Waals surface area contributed by atoms with Gasteiger partial charge in [0.05, 0.1) is 0 Å². The number of hydrogen-bond donors (Lipinski definition) is 2.